The molecular formula is C5H4. The lowest BCUT2D eigenvalue weighted by Gasteiger charge is -1.66. The van der Waals surface area contributed by atoms with Crippen molar-refractivity contribution in [3.05, 3.63) is 18.6 Å². The Bertz CT molecular complexity index is 38.0. The highest BCUT2D eigenvalue weighted by Gasteiger charge is 1.88. The first-order valence-corrected chi connectivity index (χ1v) is 1.71. The van der Waals surface area contributed by atoms with Crippen LogP contribution >= 0.6 is 0 Å². The molecule has 1 aliphatic rings. The summed E-state index contributed by atoms with van der Waals surface area (Å²) in [7, 11) is 0. The molecule has 24 valence electrons. The SMILES string of the molecule is [C]1[C]=[C]CC1. The van der Waals surface area contributed by atoms with Crippen LogP contribution in [0.25, 0.3) is 0 Å². The van der Waals surface area contributed by atoms with Crippen LogP contribution in [0.1, 0.15) is 12.8 Å². The summed E-state index contributed by atoms with van der Waals surface area (Å²) in [4.78, 5) is 0. The van der Waals surface area contributed by atoms with E-state index in [1.54, 1.807) is 0 Å². The first-order valence-electron chi connectivity index (χ1n) is 1.71. The number of hydrogen-bond donors (Lipinski definition) is 0. The van der Waals surface area contributed by atoms with Crippen molar-refractivity contribution >= 4 is 0 Å². The third kappa shape index (κ3) is 0.504. The van der Waals surface area contributed by atoms with Crippen LogP contribution in [0.15, 0.2) is 0 Å². The van der Waals surface area contributed by atoms with E-state index in [0.29, 0.717) is 0 Å². The molecule has 0 aromatic carbocycles. The van der Waals surface area contributed by atoms with Crippen LogP contribution in [0.5, 0.6) is 0 Å². The second-order valence-electron chi connectivity index (χ2n) is 0.979. The predicted octanol–water partition coefficient (Wildman–Crippen LogP) is 1.02. The van der Waals surface area contributed by atoms with Gasteiger partial charge in [0.15, 0.2) is 0 Å². The van der Waals surface area contributed by atoms with Crippen molar-refractivity contribution in [1.82, 2.24) is 0 Å². The maximum atomic E-state index is 2.86. The summed E-state index contributed by atoms with van der Waals surface area (Å²) in [5, 5.41) is 0. The molecule has 4 radical (unpaired) electrons. The van der Waals surface area contributed by atoms with E-state index in [2.05, 4.69) is 18.6 Å². The highest BCUT2D eigenvalue weighted by Crippen LogP contribution is 2.01. The molecule has 0 heteroatoms. The van der Waals surface area contributed by atoms with Crippen molar-refractivity contribution in [2.75, 3.05) is 0 Å². The number of rotatable bonds is 0. The molecule has 0 nitrogen and oxygen atoms in total. The van der Waals surface area contributed by atoms with E-state index >= 15 is 0 Å². The molecule has 0 amide bonds. The van der Waals surface area contributed by atoms with Crippen LogP contribution < -0.4 is 0 Å². The molecule has 0 aromatic heterocycles. The highest BCUT2D eigenvalue weighted by molar-refractivity contribution is 4.88. The largest absolute Gasteiger partial charge is 0.0403 e. The summed E-state index contributed by atoms with van der Waals surface area (Å²) in [5.74, 6) is 0. The molecule has 0 fully saturated rings. The van der Waals surface area contributed by atoms with Gasteiger partial charge in [-0.25, -0.2) is 0 Å². The Labute approximate surface area is 32.5 Å². The smallest absolute Gasteiger partial charge is 0.0174 e. The molecule has 0 saturated heterocycles. The molecule has 0 heterocycles. The highest BCUT2D eigenvalue weighted by atomic mass is 13.9. The molecule has 5 heavy (non-hydrogen) atoms. The van der Waals surface area contributed by atoms with Gasteiger partial charge in [0.05, 0.1) is 0 Å². The molecule has 0 aromatic rings. The molecule has 0 unspecified atom stereocenters. The molecule has 0 aliphatic heterocycles. The van der Waals surface area contributed by atoms with Gasteiger partial charge in [-0.1, -0.05) is 0 Å². The molecule has 0 N–H and O–H groups in total. The van der Waals surface area contributed by atoms with E-state index in [1.807, 2.05) is 0 Å². The standard InChI is InChI=1S/C5H4/c1-2-4-5-3-1/h1-2H2. The monoisotopic (exact) mass is 64.0 g/mol. The average molecular weight is 64.1 g/mol. The van der Waals surface area contributed by atoms with Gasteiger partial charge >= 0.3 is 0 Å². The molecule has 0 spiro atoms. The summed E-state index contributed by atoms with van der Waals surface area (Å²) in [6, 6.07) is 0. The summed E-state index contributed by atoms with van der Waals surface area (Å²) in [6.45, 7) is 0. The van der Waals surface area contributed by atoms with Crippen molar-refractivity contribution in [2.45, 2.75) is 12.8 Å². The van der Waals surface area contributed by atoms with Crippen molar-refractivity contribution in [1.29, 1.82) is 0 Å². The fraction of sp³-hybridized carbons (Fsp3) is 0.400. The quantitative estimate of drug-likeness (QED) is 0.394. The van der Waals surface area contributed by atoms with Gasteiger partial charge in [0, 0.05) is 6.42 Å². The van der Waals surface area contributed by atoms with Gasteiger partial charge in [0.2, 0.25) is 0 Å². The Morgan fingerprint density at radius 1 is 1.20 bits per heavy atom. The zero-order valence-corrected chi connectivity index (χ0v) is 2.91. The zero-order valence-electron chi connectivity index (χ0n) is 2.91. The van der Waals surface area contributed by atoms with E-state index in [9.17, 15) is 0 Å². The minimum absolute atomic E-state index is 1.03. The van der Waals surface area contributed by atoms with Crippen LogP contribution in [0.3, 0.4) is 0 Å². The Hall–Kier alpha value is -0.260. The minimum Gasteiger partial charge on any atom is -0.0403 e. The van der Waals surface area contributed by atoms with E-state index in [-0.39, 0.29) is 0 Å². The Morgan fingerprint density at radius 2 is 2.20 bits per heavy atom. The van der Waals surface area contributed by atoms with Gasteiger partial charge in [-0.2, -0.15) is 0 Å². The van der Waals surface area contributed by atoms with Crippen molar-refractivity contribution in [2.24, 2.45) is 0 Å². The Balaban J connectivity index is 2.32. The Kier molecular flexibility index (Phi) is 0.738. The van der Waals surface area contributed by atoms with E-state index < -0.39 is 0 Å². The molecule has 0 atom stereocenters. The van der Waals surface area contributed by atoms with Gasteiger partial charge in [-0.05, 0) is 25.0 Å². The topological polar surface area (TPSA) is 0 Å². The lowest BCUT2D eigenvalue weighted by molar-refractivity contribution is 1.04. The van der Waals surface area contributed by atoms with E-state index in [4.69, 9.17) is 0 Å². The molecule has 1 rings (SSSR count). The number of allylic oxidation sites excluding steroid dienone is 2. The fourth-order valence-corrected chi connectivity index (χ4v) is 0.312. The maximum absolute atomic E-state index is 2.86. The third-order valence-corrected chi connectivity index (χ3v) is 0.552. The van der Waals surface area contributed by atoms with Crippen molar-refractivity contribution in [3.8, 4) is 0 Å². The lowest BCUT2D eigenvalue weighted by Crippen LogP contribution is -1.52. The molecule has 0 bridgehead atoms. The van der Waals surface area contributed by atoms with Gasteiger partial charge in [0.1, 0.15) is 0 Å². The second kappa shape index (κ2) is 1.25. The van der Waals surface area contributed by atoms with Crippen LogP contribution in [0, 0.1) is 18.6 Å². The van der Waals surface area contributed by atoms with Gasteiger partial charge in [-0.15, -0.1) is 0 Å². The van der Waals surface area contributed by atoms with Crippen LogP contribution in [0.2, 0.25) is 0 Å². The van der Waals surface area contributed by atoms with Gasteiger partial charge in [0.25, 0.3) is 0 Å². The van der Waals surface area contributed by atoms with Crippen LogP contribution in [-0.2, 0) is 0 Å². The average Bonchev–Trinajstić information content (AvgIpc) is 1.76. The first kappa shape index (κ1) is 2.95. The predicted molar refractivity (Wildman–Crippen MR) is 19.0 cm³/mol. The third-order valence-electron chi connectivity index (χ3n) is 0.552. The molecule has 1 aliphatic carbocycles. The molecular weight excluding hydrogens is 60.1 g/mol. The summed E-state index contributed by atoms with van der Waals surface area (Å²) >= 11 is 0. The zero-order chi connectivity index (χ0) is 3.54. The van der Waals surface area contributed by atoms with Crippen LogP contribution in [-0.4, -0.2) is 0 Å². The minimum atomic E-state index is 1.03. The summed E-state index contributed by atoms with van der Waals surface area (Å²) in [5.41, 5.74) is 0. The van der Waals surface area contributed by atoms with Gasteiger partial charge in [-0.3, -0.25) is 0 Å². The van der Waals surface area contributed by atoms with Crippen molar-refractivity contribution in [3.63, 3.8) is 0 Å². The van der Waals surface area contributed by atoms with E-state index in [0.717, 1.165) is 12.8 Å². The Morgan fingerprint density at radius 3 is 2.40 bits per heavy atom. The second-order valence-corrected chi connectivity index (χ2v) is 0.979. The van der Waals surface area contributed by atoms with Crippen molar-refractivity contribution < 1.29 is 0 Å². The van der Waals surface area contributed by atoms with Gasteiger partial charge < -0.3 is 0 Å². The van der Waals surface area contributed by atoms with Crippen LogP contribution in [0.4, 0.5) is 0 Å². The fourth-order valence-electron chi connectivity index (χ4n) is 0.312. The number of hydrogen-bond acceptors (Lipinski definition) is 0. The lowest BCUT2D eigenvalue weighted by atomic mass is 10.4. The maximum Gasteiger partial charge on any atom is 0.0174 e. The van der Waals surface area contributed by atoms with E-state index in [1.165, 1.54) is 0 Å². The summed E-state index contributed by atoms with van der Waals surface area (Å²) in [6.07, 6.45) is 10.5. The normalized spacial score (nSPS) is 20.8. The molecule has 0 saturated carbocycles. The summed E-state index contributed by atoms with van der Waals surface area (Å²) < 4.78 is 0. The first-order chi connectivity index (χ1) is 2.50.